The van der Waals surface area contributed by atoms with Crippen LogP contribution < -0.4 is 16.0 Å². The summed E-state index contributed by atoms with van der Waals surface area (Å²) in [6, 6.07) is -2.38. The highest BCUT2D eigenvalue weighted by molar-refractivity contribution is 5.88. The molecule has 0 aliphatic carbocycles. The minimum atomic E-state index is -1.11. The Hall–Kier alpha value is -1.79. The highest BCUT2D eigenvalue weighted by Gasteiger charge is 2.23. The Labute approximate surface area is 113 Å². The van der Waals surface area contributed by atoms with Gasteiger partial charge in [-0.15, -0.1) is 0 Å². The van der Waals surface area contributed by atoms with Gasteiger partial charge in [0.15, 0.2) is 0 Å². The van der Waals surface area contributed by atoms with E-state index in [0.717, 1.165) is 0 Å². The maximum Gasteiger partial charge on any atom is 0.326 e. The Morgan fingerprint density at radius 2 is 1.68 bits per heavy atom. The van der Waals surface area contributed by atoms with Gasteiger partial charge >= 0.3 is 12.0 Å². The minimum Gasteiger partial charge on any atom is -0.480 e. The Kier molecular flexibility index (Phi) is 6.31. The van der Waals surface area contributed by atoms with Crippen LogP contribution >= 0.6 is 0 Å². The first-order chi connectivity index (χ1) is 8.56. The lowest BCUT2D eigenvalue weighted by atomic mass is 10.1. The van der Waals surface area contributed by atoms with Gasteiger partial charge in [-0.2, -0.15) is 0 Å². The van der Waals surface area contributed by atoms with Gasteiger partial charge in [-0.25, -0.2) is 9.59 Å². The standard InChI is InChI=1S/C12H23N3O4/c1-6-8(10(17)18)14-11(19)13-7(2)9(16)15-12(3,4)5/h7-8H,6H2,1-5H3,(H,15,16)(H,17,18)(H2,13,14,19). The van der Waals surface area contributed by atoms with E-state index in [1.165, 1.54) is 6.92 Å². The van der Waals surface area contributed by atoms with Gasteiger partial charge in [0.25, 0.3) is 0 Å². The molecule has 3 amide bonds. The topological polar surface area (TPSA) is 108 Å². The first-order valence-corrected chi connectivity index (χ1v) is 6.18. The summed E-state index contributed by atoms with van der Waals surface area (Å²) in [7, 11) is 0. The number of nitrogens with one attached hydrogen (secondary N) is 3. The van der Waals surface area contributed by atoms with E-state index in [1.54, 1.807) is 6.92 Å². The van der Waals surface area contributed by atoms with Crippen LogP contribution in [-0.2, 0) is 9.59 Å². The molecule has 19 heavy (non-hydrogen) atoms. The van der Waals surface area contributed by atoms with Crippen molar-refractivity contribution in [2.45, 2.75) is 58.7 Å². The number of carbonyl (C=O) groups excluding carboxylic acids is 2. The number of rotatable bonds is 5. The smallest absolute Gasteiger partial charge is 0.326 e. The van der Waals surface area contributed by atoms with Crippen molar-refractivity contribution in [3.63, 3.8) is 0 Å². The number of aliphatic carboxylic acids is 1. The summed E-state index contributed by atoms with van der Waals surface area (Å²) < 4.78 is 0. The molecule has 0 aromatic carbocycles. The van der Waals surface area contributed by atoms with Crippen molar-refractivity contribution < 1.29 is 19.5 Å². The normalized spacial score (nSPS) is 14.2. The molecule has 0 fully saturated rings. The Morgan fingerprint density at radius 3 is 2.05 bits per heavy atom. The van der Waals surface area contributed by atoms with Crippen molar-refractivity contribution in [3.05, 3.63) is 0 Å². The van der Waals surface area contributed by atoms with Crippen LogP contribution in [0.25, 0.3) is 0 Å². The minimum absolute atomic E-state index is 0.269. The Bertz CT molecular complexity index is 349. The molecule has 2 unspecified atom stereocenters. The number of carbonyl (C=O) groups is 3. The van der Waals surface area contributed by atoms with Gasteiger partial charge in [0.2, 0.25) is 5.91 Å². The van der Waals surface area contributed by atoms with E-state index in [9.17, 15) is 14.4 Å². The molecule has 0 heterocycles. The van der Waals surface area contributed by atoms with Gasteiger partial charge in [-0.1, -0.05) is 6.92 Å². The molecule has 0 rings (SSSR count). The van der Waals surface area contributed by atoms with Crippen molar-refractivity contribution in [3.8, 4) is 0 Å². The number of urea groups is 1. The molecule has 4 N–H and O–H groups in total. The lowest BCUT2D eigenvalue weighted by Crippen LogP contribution is -2.54. The van der Waals surface area contributed by atoms with Gasteiger partial charge < -0.3 is 21.1 Å². The van der Waals surface area contributed by atoms with Crippen LogP contribution in [0.1, 0.15) is 41.0 Å². The largest absolute Gasteiger partial charge is 0.480 e. The van der Waals surface area contributed by atoms with Crippen LogP contribution in [0.15, 0.2) is 0 Å². The number of carboxylic acids is 1. The predicted octanol–water partition coefficient (Wildman–Crippen LogP) is 0.452. The molecular weight excluding hydrogens is 250 g/mol. The molecule has 0 aromatic heterocycles. The van der Waals surface area contributed by atoms with E-state index in [4.69, 9.17) is 5.11 Å². The summed E-state index contributed by atoms with van der Waals surface area (Å²) in [6.45, 7) is 8.66. The van der Waals surface area contributed by atoms with E-state index in [-0.39, 0.29) is 12.3 Å². The summed E-state index contributed by atoms with van der Waals surface area (Å²) in [5.41, 5.74) is -0.392. The predicted molar refractivity (Wildman–Crippen MR) is 70.7 cm³/mol. The molecule has 7 nitrogen and oxygen atoms in total. The molecule has 2 atom stereocenters. The monoisotopic (exact) mass is 273 g/mol. The average molecular weight is 273 g/mol. The average Bonchev–Trinajstić information content (AvgIpc) is 2.22. The van der Waals surface area contributed by atoms with Crippen molar-refractivity contribution in [1.29, 1.82) is 0 Å². The molecular formula is C12H23N3O4. The Balaban J connectivity index is 4.33. The lowest BCUT2D eigenvalue weighted by Gasteiger charge is -2.24. The summed E-state index contributed by atoms with van der Waals surface area (Å²) >= 11 is 0. The van der Waals surface area contributed by atoms with Gasteiger partial charge in [0.05, 0.1) is 0 Å². The number of carboxylic acid groups (broad SMARTS) is 1. The van der Waals surface area contributed by atoms with E-state index in [2.05, 4.69) is 16.0 Å². The van der Waals surface area contributed by atoms with Gasteiger partial charge in [0.1, 0.15) is 12.1 Å². The lowest BCUT2D eigenvalue weighted by molar-refractivity contribution is -0.139. The SMILES string of the molecule is CCC(NC(=O)NC(C)C(=O)NC(C)(C)C)C(=O)O. The zero-order chi connectivity index (χ0) is 15.2. The van der Waals surface area contributed by atoms with Crippen molar-refractivity contribution in [1.82, 2.24) is 16.0 Å². The number of hydrogen-bond donors (Lipinski definition) is 4. The number of hydrogen-bond acceptors (Lipinski definition) is 3. The third-order valence-electron chi connectivity index (χ3n) is 2.25. The van der Waals surface area contributed by atoms with E-state index in [1.807, 2.05) is 20.8 Å². The molecule has 0 saturated carbocycles. The van der Waals surface area contributed by atoms with Crippen LogP contribution in [0.3, 0.4) is 0 Å². The highest BCUT2D eigenvalue weighted by atomic mass is 16.4. The summed E-state index contributed by atoms with van der Waals surface area (Å²) in [5, 5.41) is 16.2. The molecule has 0 aliphatic rings. The van der Waals surface area contributed by atoms with Crippen molar-refractivity contribution in [2.75, 3.05) is 0 Å². The van der Waals surface area contributed by atoms with E-state index < -0.39 is 29.6 Å². The molecule has 0 aliphatic heterocycles. The first-order valence-electron chi connectivity index (χ1n) is 6.18. The molecule has 0 saturated heterocycles. The molecule has 0 bridgehead atoms. The second-order valence-corrected chi connectivity index (χ2v) is 5.38. The van der Waals surface area contributed by atoms with Gasteiger partial charge in [-0.3, -0.25) is 4.79 Å². The summed E-state index contributed by atoms with van der Waals surface area (Å²) in [6.07, 6.45) is 0.269. The second kappa shape index (κ2) is 6.96. The molecule has 7 heteroatoms. The van der Waals surface area contributed by atoms with Crippen molar-refractivity contribution >= 4 is 17.9 Å². The summed E-state index contributed by atoms with van der Waals surface area (Å²) in [5.74, 6) is -1.43. The molecule has 0 spiro atoms. The highest BCUT2D eigenvalue weighted by Crippen LogP contribution is 1.99. The second-order valence-electron chi connectivity index (χ2n) is 5.38. The van der Waals surface area contributed by atoms with Gasteiger partial charge in [-0.05, 0) is 34.1 Å². The Morgan fingerprint density at radius 1 is 1.16 bits per heavy atom. The maximum atomic E-state index is 11.7. The maximum absolute atomic E-state index is 11.7. The fourth-order valence-electron chi connectivity index (χ4n) is 1.28. The van der Waals surface area contributed by atoms with Crippen LogP contribution in [0.4, 0.5) is 4.79 Å². The molecule has 110 valence electrons. The fourth-order valence-corrected chi connectivity index (χ4v) is 1.28. The zero-order valence-electron chi connectivity index (χ0n) is 12.0. The molecule has 0 radical (unpaired) electrons. The summed E-state index contributed by atoms with van der Waals surface area (Å²) in [4.78, 5) is 34.0. The third-order valence-corrected chi connectivity index (χ3v) is 2.25. The fraction of sp³-hybridized carbons (Fsp3) is 0.750. The van der Waals surface area contributed by atoms with E-state index >= 15 is 0 Å². The quantitative estimate of drug-likeness (QED) is 0.583. The van der Waals surface area contributed by atoms with Crippen molar-refractivity contribution in [2.24, 2.45) is 0 Å². The van der Waals surface area contributed by atoms with E-state index in [0.29, 0.717) is 0 Å². The van der Waals surface area contributed by atoms with Gasteiger partial charge in [0, 0.05) is 5.54 Å². The van der Waals surface area contributed by atoms with Crippen LogP contribution in [0, 0.1) is 0 Å². The third kappa shape index (κ3) is 7.28. The van der Waals surface area contributed by atoms with Crippen LogP contribution in [-0.4, -0.2) is 40.6 Å². The van der Waals surface area contributed by atoms with Crippen LogP contribution in [0.5, 0.6) is 0 Å². The molecule has 0 aromatic rings. The number of amides is 3. The first kappa shape index (κ1) is 17.2. The zero-order valence-corrected chi connectivity index (χ0v) is 12.0. The van der Waals surface area contributed by atoms with Crippen LogP contribution in [0.2, 0.25) is 0 Å².